The molecule has 1 fully saturated rings. The minimum atomic E-state index is -2.77. The molecule has 1 saturated carbocycles. The largest absolute Gasteiger partial charge is 0.435 e. The van der Waals surface area contributed by atoms with Crippen molar-refractivity contribution in [2.45, 2.75) is 51.7 Å². The topological polar surface area (TPSA) is 21.3 Å². The molecule has 0 aliphatic heterocycles. The molecule has 0 radical (unpaired) electrons. The van der Waals surface area contributed by atoms with Crippen molar-refractivity contribution in [1.29, 1.82) is 0 Å². The Balaban J connectivity index is 1.94. The van der Waals surface area contributed by atoms with Crippen LogP contribution < -0.4 is 10.1 Å². The average molecular weight is 269 g/mol. The summed E-state index contributed by atoms with van der Waals surface area (Å²) in [5.74, 6) is 1.00. The fourth-order valence-corrected chi connectivity index (χ4v) is 2.63. The number of nitrogens with one attached hydrogen (secondary N) is 1. The average Bonchev–Trinajstić information content (AvgIpc) is 2.54. The smallest absolute Gasteiger partial charge is 0.387 e. The van der Waals surface area contributed by atoms with Crippen LogP contribution >= 0.6 is 0 Å². The fraction of sp³-hybridized carbons (Fsp3) is 0.600. The highest BCUT2D eigenvalue weighted by Crippen LogP contribution is 2.26. The predicted molar refractivity (Wildman–Crippen MR) is 72.7 cm³/mol. The van der Waals surface area contributed by atoms with Gasteiger partial charge in [0.1, 0.15) is 5.75 Å². The van der Waals surface area contributed by atoms with Crippen LogP contribution in [-0.2, 0) is 0 Å². The standard InChI is InChI=1S/C15H21F2NO/c1-11-4-2-5-12(9-8-11)18-13-6-3-7-14(10-13)19-15(16)17/h3,6-7,10-12,15,18H,2,4-5,8-9H2,1H3. The zero-order chi connectivity index (χ0) is 13.7. The van der Waals surface area contributed by atoms with Gasteiger partial charge >= 0.3 is 6.61 Å². The van der Waals surface area contributed by atoms with Crippen LogP contribution in [0.2, 0.25) is 0 Å². The summed E-state index contributed by atoms with van der Waals surface area (Å²) < 4.78 is 28.7. The SMILES string of the molecule is CC1CCCC(Nc2cccc(OC(F)F)c2)CC1. The fourth-order valence-electron chi connectivity index (χ4n) is 2.63. The van der Waals surface area contributed by atoms with Crippen molar-refractivity contribution in [2.75, 3.05) is 5.32 Å². The second-order valence-electron chi connectivity index (χ2n) is 5.36. The summed E-state index contributed by atoms with van der Waals surface area (Å²) in [6, 6.07) is 7.26. The number of rotatable bonds is 4. The molecule has 1 N–H and O–H groups in total. The van der Waals surface area contributed by atoms with E-state index in [1.807, 2.05) is 6.07 Å². The first-order valence-corrected chi connectivity index (χ1v) is 6.95. The van der Waals surface area contributed by atoms with E-state index >= 15 is 0 Å². The van der Waals surface area contributed by atoms with E-state index in [1.54, 1.807) is 18.2 Å². The number of ether oxygens (including phenoxy) is 1. The second-order valence-corrected chi connectivity index (χ2v) is 5.36. The van der Waals surface area contributed by atoms with E-state index in [4.69, 9.17) is 0 Å². The van der Waals surface area contributed by atoms with Crippen LogP contribution in [0.1, 0.15) is 39.0 Å². The third-order valence-corrected chi connectivity index (χ3v) is 3.69. The first kappa shape index (κ1) is 14.1. The van der Waals surface area contributed by atoms with Crippen LogP contribution in [0.25, 0.3) is 0 Å². The van der Waals surface area contributed by atoms with Crippen molar-refractivity contribution in [3.63, 3.8) is 0 Å². The van der Waals surface area contributed by atoms with Crippen LogP contribution in [0.4, 0.5) is 14.5 Å². The highest BCUT2D eigenvalue weighted by molar-refractivity contribution is 5.48. The summed E-state index contributed by atoms with van der Waals surface area (Å²) in [5, 5.41) is 3.43. The maximum absolute atomic E-state index is 12.2. The van der Waals surface area contributed by atoms with E-state index in [0.717, 1.165) is 24.4 Å². The van der Waals surface area contributed by atoms with Gasteiger partial charge in [0.05, 0.1) is 0 Å². The van der Waals surface area contributed by atoms with E-state index in [1.165, 1.54) is 19.3 Å². The first-order valence-electron chi connectivity index (χ1n) is 6.95. The number of hydrogen-bond donors (Lipinski definition) is 1. The normalized spacial score (nSPS) is 24.0. The number of benzene rings is 1. The van der Waals surface area contributed by atoms with Gasteiger partial charge in [-0.1, -0.05) is 25.8 Å². The van der Waals surface area contributed by atoms with Crippen LogP contribution in [0, 0.1) is 5.92 Å². The van der Waals surface area contributed by atoms with E-state index in [9.17, 15) is 8.78 Å². The van der Waals surface area contributed by atoms with Gasteiger partial charge in [0.2, 0.25) is 0 Å². The molecule has 2 atom stereocenters. The zero-order valence-corrected chi connectivity index (χ0v) is 11.2. The minimum absolute atomic E-state index is 0.210. The van der Waals surface area contributed by atoms with Gasteiger partial charge in [-0.05, 0) is 37.3 Å². The first-order chi connectivity index (χ1) is 9.13. The quantitative estimate of drug-likeness (QED) is 0.802. The van der Waals surface area contributed by atoms with Gasteiger partial charge in [0.25, 0.3) is 0 Å². The lowest BCUT2D eigenvalue weighted by molar-refractivity contribution is -0.0498. The number of hydrogen-bond acceptors (Lipinski definition) is 2. The Labute approximate surface area is 113 Å². The van der Waals surface area contributed by atoms with Crippen molar-refractivity contribution >= 4 is 5.69 Å². The lowest BCUT2D eigenvalue weighted by Crippen LogP contribution is -2.18. The molecule has 1 aliphatic carbocycles. The summed E-state index contributed by atoms with van der Waals surface area (Å²) in [4.78, 5) is 0. The van der Waals surface area contributed by atoms with E-state index in [2.05, 4.69) is 17.0 Å². The molecule has 106 valence electrons. The summed E-state index contributed by atoms with van der Waals surface area (Å²) in [7, 11) is 0. The van der Waals surface area contributed by atoms with Crippen molar-refractivity contribution in [3.8, 4) is 5.75 Å². The molecule has 0 spiro atoms. The van der Waals surface area contributed by atoms with Gasteiger partial charge in [-0.2, -0.15) is 8.78 Å². The monoisotopic (exact) mass is 269 g/mol. The Bertz CT molecular complexity index is 397. The van der Waals surface area contributed by atoms with E-state index in [-0.39, 0.29) is 5.75 Å². The van der Waals surface area contributed by atoms with Gasteiger partial charge in [-0.15, -0.1) is 0 Å². The van der Waals surface area contributed by atoms with Gasteiger partial charge in [-0.3, -0.25) is 0 Å². The summed E-state index contributed by atoms with van der Waals surface area (Å²) >= 11 is 0. The Morgan fingerprint density at radius 1 is 1.21 bits per heavy atom. The maximum atomic E-state index is 12.2. The highest BCUT2D eigenvalue weighted by atomic mass is 19.3. The van der Waals surface area contributed by atoms with Crippen LogP contribution in [0.5, 0.6) is 5.75 Å². The summed E-state index contributed by atoms with van der Waals surface area (Å²) in [6.07, 6.45) is 6.02. The number of alkyl halides is 2. The van der Waals surface area contributed by atoms with Gasteiger partial charge in [-0.25, -0.2) is 0 Å². The third kappa shape index (κ3) is 4.69. The molecule has 2 rings (SSSR count). The van der Waals surface area contributed by atoms with Gasteiger partial charge < -0.3 is 10.1 Å². The number of anilines is 1. The molecule has 0 aromatic heterocycles. The Morgan fingerprint density at radius 3 is 2.84 bits per heavy atom. The van der Waals surface area contributed by atoms with Gasteiger partial charge in [0, 0.05) is 17.8 Å². The lowest BCUT2D eigenvalue weighted by Gasteiger charge is -2.18. The Morgan fingerprint density at radius 2 is 2.05 bits per heavy atom. The molecular weight excluding hydrogens is 248 g/mol. The van der Waals surface area contributed by atoms with Crippen molar-refractivity contribution in [1.82, 2.24) is 0 Å². The Hall–Kier alpha value is -1.32. The molecule has 0 amide bonds. The Kier molecular flexibility index (Phi) is 5.00. The molecule has 0 saturated heterocycles. The molecule has 0 bridgehead atoms. The highest BCUT2D eigenvalue weighted by Gasteiger charge is 2.16. The molecule has 2 unspecified atom stereocenters. The van der Waals surface area contributed by atoms with Crippen molar-refractivity contribution in [3.05, 3.63) is 24.3 Å². The zero-order valence-electron chi connectivity index (χ0n) is 11.2. The van der Waals surface area contributed by atoms with E-state index in [0.29, 0.717) is 6.04 Å². The van der Waals surface area contributed by atoms with Gasteiger partial charge in [0.15, 0.2) is 0 Å². The van der Waals surface area contributed by atoms with E-state index < -0.39 is 6.61 Å². The number of halogens is 2. The lowest BCUT2D eigenvalue weighted by atomic mass is 10.0. The maximum Gasteiger partial charge on any atom is 0.387 e. The summed E-state index contributed by atoms with van der Waals surface area (Å²) in [5.41, 5.74) is 0.859. The molecule has 1 aromatic carbocycles. The van der Waals surface area contributed by atoms with Crippen LogP contribution in [0.15, 0.2) is 24.3 Å². The third-order valence-electron chi connectivity index (χ3n) is 3.69. The molecule has 1 aromatic rings. The minimum Gasteiger partial charge on any atom is -0.435 e. The van der Waals surface area contributed by atoms with Crippen LogP contribution in [-0.4, -0.2) is 12.7 Å². The predicted octanol–water partition coefficient (Wildman–Crippen LogP) is 4.67. The second kappa shape index (κ2) is 6.73. The van der Waals surface area contributed by atoms with Crippen molar-refractivity contribution < 1.29 is 13.5 Å². The molecular formula is C15H21F2NO. The summed E-state index contributed by atoms with van der Waals surface area (Å²) in [6.45, 7) is -0.478. The molecule has 1 aliphatic rings. The van der Waals surface area contributed by atoms with Crippen LogP contribution in [0.3, 0.4) is 0 Å². The van der Waals surface area contributed by atoms with Crippen molar-refractivity contribution in [2.24, 2.45) is 5.92 Å². The molecule has 2 nitrogen and oxygen atoms in total. The molecule has 4 heteroatoms. The molecule has 19 heavy (non-hydrogen) atoms. The molecule has 0 heterocycles.